The Morgan fingerprint density at radius 1 is 1.21 bits per heavy atom. The van der Waals surface area contributed by atoms with Crippen molar-refractivity contribution in [3.63, 3.8) is 0 Å². The lowest BCUT2D eigenvalue weighted by Gasteiger charge is -2.31. The Kier molecular flexibility index (Phi) is 4.46. The first kappa shape index (κ1) is 17.9. The van der Waals surface area contributed by atoms with E-state index in [1.54, 1.807) is 0 Å². The fourth-order valence-corrected chi connectivity index (χ4v) is 5.03. The Morgan fingerprint density at radius 2 is 2.04 bits per heavy atom. The zero-order valence-corrected chi connectivity index (χ0v) is 16.4. The average Bonchev–Trinajstić information content (AvgIpc) is 3.13. The lowest BCUT2D eigenvalue weighted by Crippen LogP contribution is -2.34. The van der Waals surface area contributed by atoms with E-state index in [0.29, 0.717) is 18.0 Å². The smallest absolute Gasteiger partial charge is 0.292 e. The number of rotatable bonds is 5. The quantitative estimate of drug-likeness (QED) is 0.858. The van der Waals surface area contributed by atoms with Crippen molar-refractivity contribution in [1.82, 2.24) is 20.4 Å². The van der Waals surface area contributed by atoms with Crippen molar-refractivity contribution in [2.45, 2.75) is 75.4 Å². The van der Waals surface area contributed by atoms with Crippen molar-refractivity contribution in [2.24, 2.45) is 0 Å². The topological polar surface area (TPSA) is 71.3 Å². The molecule has 2 saturated carbocycles. The minimum absolute atomic E-state index is 0.137. The van der Waals surface area contributed by atoms with E-state index in [0.717, 1.165) is 38.6 Å². The molecule has 3 fully saturated rings. The largest absolute Gasteiger partial charge is 0.346 e. The zero-order chi connectivity index (χ0) is 19.1. The van der Waals surface area contributed by atoms with Crippen LogP contribution in [0, 0.1) is 0 Å². The van der Waals surface area contributed by atoms with Gasteiger partial charge in [-0.25, -0.2) is 0 Å². The molecule has 6 nitrogen and oxygen atoms in total. The maximum atomic E-state index is 12.2. The second-order valence-electron chi connectivity index (χ2n) is 8.92. The summed E-state index contributed by atoms with van der Waals surface area (Å²) >= 11 is 0. The molecule has 5 rings (SSSR count). The molecule has 6 heteroatoms. The number of hydrogen-bond donors (Lipinski definition) is 1. The van der Waals surface area contributed by atoms with Crippen molar-refractivity contribution in [2.75, 3.05) is 6.54 Å². The molecule has 148 valence electrons. The molecular formula is C22H28N4O2. The van der Waals surface area contributed by atoms with Gasteiger partial charge in [0.2, 0.25) is 5.89 Å². The highest BCUT2D eigenvalue weighted by Crippen LogP contribution is 2.46. The van der Waals surface area contributed by atoms with Gasteiger partial charge in [0.15, 0.2) is 0 Å². The van der Waals surface area contributed by atoms with E-state index in [1.165, 1.54) is 18.4 Å². The van der Waals surface area contributed by atoms with Crippen molar-refractivity contribution in [3.8, 4) is 0 Å². The second kappa shape index (κ2) is 6.99. The van der Waals surface area contributed by atoms with Gasteiger partial charge >= 0.3 is 0 Å². The molecule has 1 aromatic carbocycles. The van der Waals surface area contributed by atoms with Crippen molar-refractivity contribution in [1.29, 1.82) is 0 Å². The van der Waals surface area contributed by atoms with Gasteiger partial charge in [0.1, 0.15) is 0 Å². The van der Waals surface area contributed by atoms with E-state index < -0.39 is 0 Å². The summed E-state index contributed by atoms with van der Waals surface area (Å²) in [7, 11) is 0. The summed E-state index contributed by atoms with van der Waals surface area (Å²) in [5, 5.41) is 6.89. The van der Waals surface area contributed by atoms with Crippen molar-refractivity contribution < 1.29 is 9.32 Å². The molecule has 1 aromatic heterocycles. The van der Waals surface area contributed by atoms with Crippen LogP contribution in [0.15, 0.2) is 34.9 Å². The van der Waals surface area contributed by atoms with Crippen LogP contribution >= 0.6 is 0 Å². The number of carbonyl (C=O) groups is 1. The molecule has 1 N–H and O–H groups in total. The molecule has 0 bridgehead atoms. The molecule has 1 saturated heterocycles. The van der Waals surface area contributed by atoms with E-state index in [2.05, 4.69) is 57.6 Å². The Hall–Kier alpha value is -2.21. The van der Waals surface area contributed by atoms with Gasteiger partial charge in [-0.1, -0.05) is 42.4 Å². The van der Waals surface area contributed by atoms with Crippen molar-refractivity contribution >= 4 is 5.91 Å². The highest BCUT2D eigenvalue weighted by atomic mass is 16.5. The average molecular weight is 380 g/mol. The Balaban J connectivity index is 1.30. The van der Waals surface area contributed by atoms with Crippen LogP contribution in [0.5, 0.6) is 0 Å². The van der Waals surface area contributed by atoms with Gasteiger partial charge in [0, 0.05) is 12.1 Å². The van der Waals surface area contributed by atoms with Gasteiger partial charge in [-0.15, -0.1) is 0 Å². The highest BCUT2D eigenvalue weighted by Gasteiger charge is 2.43. The predicted octanol–water partition coefficient (Wildman–Crippen LogP) is 3.61. The van der Waals surface area contributed by atoms with Gasteiger partial charge in [-0.3, -0.25) is 9.69 Å². The normalized spacial score (nSPS) is 30.6. The summed E-state index contributed by atoms with van der Waals surface area (Å²) in [5.41, 5.74) is 1.66. The maximum Gasteiger partial charge on any atom is 0.292 e. The van der Waals surface area contributed by atoms with Gasteiger partial charge in [0.25, 0.3) is 11.7 Å². The molecule has 2 heterocycles. The number of nitrogens with zero attached hydrogens (tertiary/aromatic N) is 3. The van der Waals surface area contributed by atoms with E-state index >= 15 is 0 Å². The summed E-state index contributed by atoms with van der Waals surface area (Å²) in [6.45, 7) is 3.45. The van der Waals surface area contributed by atoms with Crippen LogP contribution in [0.3, 0.4) is 0 Å². The number of hydrogen-bond acceptors (Lipinski definition) is 5. The second-order valence-corrected chi connectivity index (χ2v) is 8.92. The minimum atomic E-state index is -0.209. The molecule has 0 radical (unpaired) electrons. The fourth-order valence-electron chi connectivity index (χ4n) is 5.03. The predicted molar refractivity (Wildman–Crippen MR) is 105 cm³/mol. The standard InChI is InChI=1S/C22H28N4O2/c1-22(15-6-3-2-4-7-15)12-11-17(14-22)26-13-5-8-18(26)21-24-19(25-28-21)20(27)23-16-9-10-16/h2-4,6-7,16-18H,5,8-14H2,1H3,(H,23,27). The Labute approximate surface area is 165 Å². The number of benzene rings is 1. The summed E-state index contributed by atoms with van der Waals surface area (Å²) in [4.78, 5) is 19.2. The molecular weight excluding hydrogens is 352 g/mol. The van der Waals surface area contributed by atoms with Crippen LogP contribution in [-0.4, -0.2) is 39.6 Å². The molecule has 2 aromatic rings. The van der Waals surface area contributed by atoms with Gasteiger partial charge < -0.3 is 9.84 Å². The first-order chi connectivity index (χ1) is 13.6. The minimum Gasteiger partial charge on any atom is -0.346 e. The molecule has 28 heavy (non-hydrogen) atoms. The monoisotopic (exact) mass is 380 g/mol. The number of amides is 1. The van der Waals surface area contributed by atoms with Crippen LogP contribution in [0.1, 0.15) is 80.0 Å². The molecule has 0 spiro atoms. The van der Waals surface area contributed by atoms with Crippen molar-refractivity contribution in [3.05, 3.63) is 47.6 Å². The zero-order valence-electron chi connectivity index (χ0n) is 16.4. The molecule has 3 aliphatic rings. The summed E-state index contributed by atoms with van der Waals surface area (Å²) in [5.74, 6) is 0.570. The van der Waals surface area contributed by atoms with Crippen LogP contribution < -0.4 is 5.32 Å². The van der Waals surface area contributed by atoms with E-state index in [1.807, 2.05) is 0 Å². The third-order valence-electron chi connectivity index (χ3n) is 6.79. The summed E-state index contributed by atoms with van der Waals surface area (Å²) in [6, 6.07) is 11.8. The SMILES string of the molecule is CC1(c2ccccc2)CCC(N2CCCC2c2nc(C(=O)NC3CC3)no2)C1. The van der Waals surface area contributed by atoms with Gasteiger partial charge in [-0.2, -0.15) is 4.98 Å². The van der Waals surface area contributed by atoms with E-state index in [-0.39, 0.29) is 23.2 Å². The van der Waals surface area contributed by atoms with Crippen LogP contribution in [0.25, 0.3) is 0 Å². The lowest BCUT2D eigenvalue weighted by atomic mass is 9.81. The van der Waals surface area contributed by atoms with Crippen LogP contribution in [0.2, 0.25) is 0 Å². The maximum absolute atomic E-state index is 12.2. The molecule has 1 amide bonds. The fraction of sp³-hybridized carbons (Fsp3) is 0.591. The summed E-state index contributed by atoms with van der Waals surface area (Å²) in [6.07, 6.45) is 7.79. The Morgan fingerprint density at radius 3 is 2.82 bits per heavy atom. The van der Waals surface area contributed by atoms with E-state index in [4.69, 9.17) is 4.52 Å². The third kappa shape index (κ3) is 3.34. The molecule has 2 aliphatic carbocycles. The molecule has 1 aliphatic heterocycles. The number of aromatic nitrogens is 2. The molecule has 3 atom stereocenters. The first-order valence-corrected chi connectivity index (χ1v) is 10.6. The highest BCUT2D eigenvalue weighted by molar-refractivity contribution is 5.90. The van der Waals surface area contributed by atoms with Crippen LogP contribution in [-0.2, 0) is 5.41 Å². The first-order valence-electron chi connectivity index (χ1n) is 10.6. The number of carbonyl (C=O) groups excluding carboxylic acids is 1. The Bertz CT molecular complexity index is 847. The molecule has 3 unspecified atom stereocenters. The number of nitrogens with one attached hydrogen (secondary N) is 1. The van der Waals surface area contributed by atoms with Gasteiger partial charge in [0.05, 0.1) is 6.04 Å². The van der Waals surface area contributed by atoms with Gasteiger partial charge in [-0.05, 0) is 62.5 Å². The van der Waals surface area contributed by atoms with E-state index in [9.17, 15) is 4.79 Å². The van der Waals surface area contributed by atoms with Crippen LogP contribution in [0.4, 0.5) is 0 Å². The number of likely N-dealkylation sites (tertiary alicyclic amines) is 1. The third-order valence-corrected chi connectivity index (χ3v) is 6.79. The lowest BCUT2D eigenvalue weighted by molar-refractivity contribution is 0.0937. The summed E-state index contributed by atoms with van der Waals surface area (Å²) < 4.78 is 5.53.